The van der Waals surface area contributed by atoms with Crippen molar-refractivity contribution in [3.63, 3.8) is 0 Å². The Kier molecular flexibility index (Phi) is 4.32. The van der Waals surface area contributed by atoms with Gasteiger partial charge in [0.2, 0.25) is 16.9 Å². The number of nitrogens with one attached hydrogen (secondary N) is 1. The standard InChI is InChI=1S/C15H15ClN4O2S/c1-8-11(16)4-3-5-12(8)20-7-10(6-13(20)21)14(22)17-15-19-18-9(2)23-15/h3-5,10H,6-7H2,1-2H3,(H,17,19,22)/t10-/m0/s1. The zero-order valence-electron chi connectivity index (χ0n) is 12.7. The fraction of sp³-hybridized carbons (Fsp3) is 0.333. The molecule has 1 saturated heterocycles. The van der Waals surface area contributed by atoms with Gasteiger partial charge in [0, 0.05) is 23.7 Å². The van der Waals surface area contributed by atoms with Gasteiger partial charge in [-0.3, -0.25) is 9.59 Å². The first-order valence-corrected chi connectivity index (χ1v) is 8.31. The average Bonchev–Trinajstić information content (AvgIpc) is 3.08. The number of nitrogens with zero attached hydrogens (tertiary/aromatic N) is 3. The molecule has 3 rings (SSSR count). The molecule has 6 nitrogen and oxygen atoms in total. The van der Waals surface area contributed by atoms with Gasteiger partial charge in [0.25, 0.3) is 0 Å². The van der Waals surface area contributed by atoms with Crippen LogP contribution in [0.5, 0.6) is 0 Å². The Hall–Kier alpha value is -1.99. The van der Waals surface area contributed by atoms with E-state index >= 15 is 0 Å². The van der Waals surface area contributed by atoms with Crippen LogP contribution in [0.15, 0.2) is 18.2 Å². The molecule has 0 saturated carbocycles. The van der Waals surface area contributed by atoms with Gasteiger partial charge in [-0.1, -0.05) is 29.0 Å². The molecule has 0 unspecified atom stereocenters. The molecule has 1 atom stereocenters. The number of amides is 2. The van der Waals surface area contributed by atoms with Gasteiger partial charge in [0.05, 0.1) is 5.92 Å². The second kappa shape index (κ2) is 6.25. The second-order valence-corrected chi connectivity index (χ2v) is 6.99. The van der Waals surface area contributed by atoms with E-state index in [2.05, 4.69) is 15.5 Å². The number of carbonyl (C=O) groups excluding carboxylic acids is 2. The predicted molar refractivity (Wildman–Crippen MR) is 89.9 cm³/mol. The highest BCUT2D eigenvalue weighted by molar-refractivity contribution is 7.15. The Morgan fingerprint density at radius 2 is 2.17 bits per heavy atom. The number of hydrogen-bond acceptors (Lipinski definition) is 5. The first-order valence-electron chi connectivity index (χ1n) is 7.12. The van der Waals surface area contributed by atoms with E-state index in [0.29, 0.717) is 16.7 Å². The third kappa shape index (κ3) is 3.20. The van der Waals surface area contributed by atoms with Crippen LogP contribution < -0.4 is 10.2 Å². The highest BCUT2D eigenvalue weighted by Crippen LogP contribution is 2.31. The van der Waals surface area contributed by atoms with E-state index in [1.807, 2.05) is 19.9 Å². The Bertz CT molecular complexity index is 777. The van der Waals surface area contributed by atoms with Crippen molar-refractivity contribution in [1.82, 2.24) is 10.2 Å². The van der Waals surface area contributed by atoms with Crippen molar-refractivity contribution in [3.05, 3.63) is 33.8 Å². The highest BCUT2D eigenvalue weighted by atomic mass is 35.5. The van der Waals surface area contributed by atoms with Gasteiger partial charge in [0.15, 0.2) is 0 Å². The Balaban J connectivity index is 1.74. The molecule has 23 heavy (non-hydrogen) atoms. The Morgan fingerprint density at radius 3 is 2.87 bits per heavy atom. The molecule has 1 aromatic carbocycles. The van der Waals surface area contributed by atoms with Crippen molar-refractivity contribution < 1.29 is 9.59 Å². The molecule has 1 aliphatic heterocycles. The number of carbonyl (C=O) groups is 2. The van der Waals surface area contributed by atoms with Gasteiger partial charge in [-0.2, -0.15) is 0 Å². The van der Waals surface area contributed by atoms with Crippen molar-refractivity contribution in [2.24, 2.45) is 5.92 Å². The summed E-state index contributed by atoms with van der Waals surface area (Å²) in [6, 6.07) is 5.42. The van der Waals surface area contributed by atoms with Gasteiger partial charge in [-0.25, -0.2) is 0 Å². The maximum absolute atomic E-state index is 12.3. The summed E-state index contributed by atoms with van der Waals surface area (Å²) in [6.45, 7) is 4.02. The van der Waals surface area contributed by atoms with Crippen LogP contribution in [-0.4, -0.2) is 28.6 Å². The first-order chi connectivity index (χ1) is 11.0. The van der Waals surface area contributed by atoms with Gasteiger partial charge in [-0.05, 0) is 31.5 Å². The van der Waals surface area contributed by atoms with E-state index in [1.165, 1.54) is 11.3 Å². The zero-order valence-corrected chi connectivity index (χ0v) is 14.2. The van der Waals surface area contributed by atoms with Crippen LogP contribution >= 0.6 is 22.9 Å². The summed E-state index contributed by atoms with van der Waals surface area (Å²) >= 11 is 7.42. The van der Waals surface area contributed by atoms with Gasteiger partial charge < -0.3 is 10.2 Å². The number of hydrogen-bond donors (Lipinski definition) is 1. The van der Waals surface area contributed by atoms with Crippen molar-refractivity contribution >= 4 is 45.6 Å². The molecular formula is C15H15ClN4O2S. The molecule has 1 aromatic heterocycles. The Labute approximate surface area is 142 Å². The quantitative estimate of drug-likeness (QED) is 0.923. The molecule has 2 aromatic rings. The van der Waals surface area contributed by atoms with Gasteiger partial charge in [-0.15, -0.1) is 10.2 Å². The van der Waals surface area contributed by atoms with E-state index in [9.17, 15) is 9.59 Å². The normalized spacial score (nSPS) is 17.6. The summed E-state index contributed by atoms with van der Waals surface area (Å²) in [4.78, 5) is 26.2. The minimum atomic E-state index is -0.412. The predicted octanol–water partition coefficient (Wildman–Crippen LogP) is 2.80. The minimum Gasteiger partial charge on any atom is -0.311 e. The van der Waals surface area contributed by atoms with Crippen LogP contribution in [0.2, 0.25) is 5.02 Å². The van der Waals surface area contributed by atoms with Crippen LogP contribution in [0, 0.1) is 19.8 Å². The zero-order chi connectivity index (χ0) is 16.6. The van der Waals surface area contributed by atoms with Gasteiger partial charge in [0.1, 0.15) is 5.01 Å². The van der Waals surface area contributed by atoms with E-state index in [-0.39, 0.29) is 18.2 Å². The third-order valence-corrected chi connectivity index (χ3v) is 4.95. The van der Waals surface area contributed by atoms with Gasteiger partial charge >= 0.3 is 0 Å². The lowest BCUT2D eigenvalue weighted by molar-refractivity contribution is -0.122. The third-order valence-electron chi connectivity index (χ3n) is 3.78. The number of aromatic nitrogens is 2. The minimum absolute atomic E-state index is 0.0797. The maximum atomic E-state index is 12.3. The number of anilines is 2. The fourth-order valence-electron chi connectivity index (χ4n) is 2.56. The second-order valence-electron chi connectivity index (χ2n) is 5.40. The number of benzene rings is 1. The van der Waals surface area contributed by atoms with E-state index in [0.717, 1.165) is 16.3 Å². The average molecular weight is 351 g/mol. The molecule has 1 fully saturated rings. The molecule has 8 heteroatoms. The fourth-order valence-corrected chi connectivity index (χ4v) is 3.32. The number of halogens is 1. The molecule has 2 heterocycles. The molecule has 0 aliphatic carbocycles. The topological polar surface area (TPSA) is 75.2 Å². The summed E-state index contributed by atoms with van der Waals surface area (Å²) in [5, 5.41) is 12.3. The van der Waals surface area contributed by atoms with E-state index < -0.39 is 5.92 Å². The van der Waals surface area contributed by atoms with Crippen LogP contribution in [0.25, 0.3) is 0 Å². The first kappa shape index (κ1) is 15.9. The lowest BCUT2D eigenvalue weighted by atomic mass is 10.1. The van der Waals surface area contributed by atoms with Crippen molar-refractivity contribution in [1.29, 1.82) is 0 Å². The van der Waals surface area contributed by atoms with Crippen LogP contribution in [-0.2, 0) is 9.59 Å². The molecular weight excluding hydrogens is 336 g/mol. The molecule has 1 aliphatic rings. The highest BCUT2D eigenvalue weighted by Gasteiger charge is 2.36. The smallest absolute Gasteiger partial charge is 0.231 e. The summed E-state index contributed by atoms with van der Waals surface area (Å²) in [7, 11) is 0. The molecule has 0 radical (unpaired) electrons. The van der Waals surface area contributed by atoms with E-state index in [1.54, 1.807) is 17.0 Å². The van der Waals surface area contributed by atoms with Crippen LogP contribution in [0.1, 0.15) is 17.0 Å². The van der Waals surface area contributed by atoms with Crippen molar-refractivity contribution in [3.8, 4) is 0 Å². The summed E-state index contributed by atoms with van der Waals surface area (Å²) in [6.07, 6.45) is 0.176. The molecule has 1 N–H and O–H groups in total. The van der Waals surface area contributed by atoms with Crippen LogP contribution in [0.4, 0.5) is 10.8 Å². The molecule has 0 bridgehead atoms. The van der Waals surface area contributed by atoms with E-state index in [4.69, 9.17) is 11.6 Å². The molecule has 0 spiro atoms. The summed E-state index contributed by atoms with van der Waals surface area (Å²) in [5.74, 6) is -0.703. The SMILES string of the molecule is Cc1nnc(NC(=O)[C@H]2CC(=O)N(c3cccc(Cl)c3C)C2)s1. The lowest BCUT2D eigenvalue weighted by Gasteiger charge is -2.19. The largest absolute Gasteiger partial charge is 0.311 e. The Morgan fingerprint density at radius 1 is 1.39 bits per heavy atom. The number of aryl methyl sites for hydroxylation is 1. The lowest BCUT2D eigenvalue weighted by Crippen LogP contribution is -2.28. The molecule has 120 valence electrons. The monoisotopic (exact) mass is 350 g/mol. The van der Waals surface area contributed by atoms with Crippen LogP contribution in [0.3, 0.4) is 0 Å². The summed E-state index contributed by atoms with van der Waals surface area (Å²) < 4.78 is 0. The summed E-state index contributed by atoms with van der Waals surface area (Å²) in [5.41, 5.74) is 1.59. The number of rotatable bonds is 3. The van der Waals surface area contributed by atoms with Crippen molar-refractivity contribution in [2.75, 3.05) is 16.8 Å². The van der Waals surface area contributed by atoms with Crippen molar-refractivity contribution in [2.45, 2.75) is 20.3 Å². The molecule has 2 amide bonds. The maximum Gasteiger partial charge on any atom is 0.231 e.